The summed E-state index contributed by atoms with van der Waals surface area (Å²) >= 11 is 3.28. The standard InChI is InChI=1S/C19H16BrN3O2/c20-18-11-17(23(24)25)12-19(21-18)22(13-15-7-3-1-4-8-15)14-16-9-5-2-6-10-16/h1-12H,13-14H2. The second-order valence-corrected chi connectivity index (χ2v) is 6.40. The quantitative estimate of drug-likeness (QED) is 0.335. The number of aromatic nitrogens is 1. The van der Waals surface area contributed by atoms with Crippen molar-refractivity contribution in [3.05, 3.63) is 98.6 Å². The summed E-state index contributed by atoms with van der Waals surface area (Å²) in [4.78, 5) is 17.3. The summed E-state index contributed by atoms with van der Waals surface area (Å²) < 4.78 is 0.447. The fourth-order valence-electron chi connectivity index (χ4n) is 2.56. The molecule has 6 heteroatoms. The molecule has 126 valence electrons. The predicted octanol–water partition coefficient (Wildman–Crippen LogP) is 4.96. The van der Waals surface area contributed by atoms with Crippen LogP contribution in [0, 0.1) is 10.1 Å². The van der Waals surface area contributed by atoms with Gasteiger partial charge in [0.1, 0.15) is 10.4 Å². The minimum absolute atomic E-state index is 0.0167. The number of nitrogens with zero attached hydrogens (tertiary/aromatic N) is 3. The van der Waals surface area contributed by atoms with Crippen LogP contribution in [0.1, 0.15) is 11.1 Å². The Labute approximate surface area is 154 Å². The SMILES string of the molecule is O=[N+]([O-])c1cc(Br)nc(N(Cc2ccccc2)Cc2ccccc2)c1. The Balaban J connectivity index is 1.96. The second-order valence-electron chi connectivity index (χ2n) is 5.59. The first-order valence-corrected chi connectivity index (χ1v) is 8.56. The van der Waals surface area contributed by atoms with Gasteiger partial charge in [0, 0.05) is 19.2 Å². The minimum atomic E-state index is -0.404. The molecule has 0 fully saturated rings. The number of rotatable bonds is 6. The van der Waals surface area contributed by atoms with Crippen LogP contribution in [0.2, 0.25) is 0 Å². The molecular formula is C19H16BrN3O2. The highest BCUT2D eigenvalue weighted by Gasteiger charge is 2.16. The monoisotopic (exact) mass is 397 g/mol. The average molecular weight is 398 g/mol. The van der Waals surface area contributed by atoms with Crippen LogP contribution in [-0.4, -0.2) is 9.91 Å². The molecule has 5 nitrogen and oxygen atoms in total. The van der Waals surface area contributed by atoms with E-state index >= 15 is 0 Å². The summed E-state index contributed by atoms with van der Waals surface area (Å²) in [6.07, 6.45) is 0. The van der Waals surface area contributed by atoms with Crippen LogP contribution in [-0.2, 0) is 13.1 Å². The van der Waals surface area contributed by atoms with Gasteiger partial charge in [-0.05, 0) is 27.1 Å². The molecule has 0 aliphatic carbocycles. The third-order valence-corrected chi connectivity index (χ3v) is 4.14. The van der Waals surface area contributed by atoms with Gasteiger partial charge in [0.2, 0.25) is 0 Å². The number of hydrogen-bond donors (Lipinski definition) is 0. The van der Waals surface area contributed by atoms with Gasteiger partial charge >= 0.3 is 0 Å². The first-order valence-electron chi connectivity index (χ1n) is 7.76. The molecule has 0 atom stereocenters. The molecule has 0 aliphatic heterocycles. The zero-order chi connectivity index (χ0) is 17.6. The van der Waals surface area contributed by atoms with Gasteiger partial charge in [0.05, 0.1) is 11.0 Å². The molecule has 1 aromatic heterocycles. The first kappa shape index (κ1) is 17.1. The van der Waals surface area contributed by atoms with Crippen LogP contribution in [0.25, 0.3) is 0 Å². The van der Waals surface area contributed by atoms with E-state index in [4.69, 9.17) is 0 Å². The van der Waals surface area contributed by atoms with Crippen LogP contribution in [0.3, 0.4) is 0 Å². The van der Waals surface area contributed by atoms with Crippen molar-refractivity contribution >= 4 is 27.4 Å². The molecule has 2 aromatic carbocycles. The lowest BCUT2D eigenvalue weighted by atomic mass is 10.1. The van der Waals surface area contributed by atoms with E-state index in [0.717, 1.165) is 11.1 Å². The first-order chi connectivity index (χ1) is 12.1. The van der Waals surface area contributed by atoms with Crippen molar-refractivity contribution in [2.75, 3.05) is 4.90 Å². The largest absolute Gasteiger partial charge is 0.348 e. The van der Waals surface area contributed by atoms with E-state index < -0.39 is 4.92 Å². The molecule has 0 bridgehead atoms. The lowest BCUT2D eigenvalue weighted by molar-refractivity contribution is -0.384. The maximum Gasteiger partial charge on any atom is 0.275 e. The Morgan fingerprint density at radius 3 is 1.92 bits per heavy atom. The van der Waals surface area contributed by atoms with Gasteiger partial charge in [-0.15, -0.1) is 0 Å². The lowest BCUT2D eigenvalue weighted by Crippen LogP contribution is -2.23. The molecule has 0 radical (unpaired) electrons. The Morgan fingerprint density at radius 2 is 1.44 bits per heavy atom. The van der Waals surface area contributed by atoms with Crippen LogP contribution >= 0.6 is 15.9 Å². The van der Waals surface area contributed by atoms with Crippen molar-refractivity contribution in [2.24, 2.45) is 0 Å². The number of hydrogen-bond acceptors (Lipinski definition) is 4. The zero-order valence-corrected chi connectivity index (χ0v) is 15.0. The molecule has 25 heavy (non-hydrogen) atoms. The molecule has 0 saturated heterocycles. The number of anilines is 1. The van der Waals surface area contributed by atoms with Crippen molar-refractivity contribution < 1.29 is 4.92 Å². The molecule has 0 spiro atoms. The average Bonchev–Trinajstić information content (AvgIpc) is 2.62. The Bertz CT molecular complexity index is 816. The number of pyridine rings is 1. The van der Waals surface area contributed by atoms with E-state index in [1.807, 2.05) is 65.6 Å². The van der Waals surface area contributed by atoms with Crippen LogP contribution in [0.4, 0.5) is 11.5 Å². The smallest absolute Gasteiger partial charge is 0.275 e. The van der Waals surface area contributed by atoms with Crippen molar-refractivity contribution in [1.29, 1.82) is 0 Å². The molecule has 3 rings (SSSR count). The van der Waals surface area contributed by atoms with Crippen molar-refractivity contribution in [3.8, 4) is 0 Å². The van der Waals surface area contributed by atoms with Crippen LogP contribution in [0.15, 0.2) is 77.4 Å². The molecule has 0 N–H and O–H groups in total. The maximum absolute atomic E-state index is 11.2. The number of nitro groups is 1. The lowest BCUT2D eigenvalue weighted by Gasteiger charge is -2.24. The molecule has 0 unspecified atom stereocenters. The molecule has 0 saturated carbocycles. The second kappa shape index (κ2) is 7.90. The Hall–Kier alpha value is -2.73. The topological polar surface area (TPSA) is 59.3 Å². The predicted molar refractivity (Wildman–Crippen MR) is 101 cm³/mol. The van der Waals surface area contributed by atoms with Gasteiger partial charge in [-0.25, -0.2) is 4.98 Å². The molecule has 0 amide bonds. The fraction of sp³-hybridized carbons (Fsp3) is 0.105. The van der Waals surface area contributed by atoms with Gasteiger partial charge < -0.3 is 4.90 Å². The third kappa shape index (κ3) is 4.64. The van der Waals surface area contributed by atoms with Gasteiger partial charge in [0.25, 0.3) is 5.69 Å². The van der Waals surface area contributed by atoms with Crippen LogP contribution < -0.4 is 4.90 Å². The van der Waals surface area contributed by atoms with Gasteiger partial charge in [-0.3, -0.25) is 10.1 Å². The highest BCUT2D eigenvalue weighted by atomic mass is 79.9. The highest BCUT2D eigenvalue weighted by Crippen LogP contribution is 2.26. The summed E-state index contributed by atoms with van der Waals surface area (Å²) in [5.41, 5.74) is 2.24. The van der Waals surface area contributed by atoms with E-state index in [1.54, 1.807) is 0 Å². The number of halogens is 1. The molecule has 3 aromatic rings. The summed E-state index contributed by atoms with van der Waals surface area (Å²) in [6.45, 7) is 1.21. The molecule has 0 aliphatic rings. The maximum atomic E-state index is 11.2. The van der Waals surface area contributed by atoms with E-state index in [1.165, 1.54) is 12.1 Å². The van der Waals surface area contributed by atoms with E-state index in [0.29, 0.717) is 23.5 Å². The molecule has 1 heterocycles. The van der Waals surface area contributed by atoms with Gasteiger partial charge in [0.15, 0.2) is 0 Å². The van der Waals surface area contributed by atoms with E-state index in [9.17, 15) is 10.1 Å². The van der Waals surface area contributed by atoms with Gasteiger partial charge in [-0.2, -0.15) is 0 Å². The van der Waals surface area contributed by atoms with E-state index in [2.05, 4.69) is 20.9 Å². The van der Waals surface area contributed by atoms with Crippen LogP contribution in [0.5, 0.6) is 0 Å². The Kier molecular flexibility index (Phi) is 5.40. The zero-order valence-electron chi connectivity index (χ0n) is 13.4. The summed E-state index contributed by atoms with van der Waals surface area (Å²) in [5, 5.41) is 11.2. The van der Waals surface area contributed by atoms with Gasteiger partial charge in [-0.1, -0.05) is 60.7 Å². The van der Waals surface area contributed by atoms with Crippen molar-refractivity contribution in [1.82, 2.24) is 4.98 Å². The molecular weight excluding hydrogens is 382 g/mol. The summed E-state index contributed by atoms with van der Waals surface area (Å²) in [7, 11) is 0. The van der Waals surface area contributed by atoms with E-state index in [-0.39, 0.29) is 5.69 Å². The number of benzene rings is 2. The highest BCUT2D eigenvalue weighted by molar-refractivity contribution is 9.10. The minimum Gasteiger partial charge on any atom is -0.348 e. The fourth-order valence-corrected chi connectivity index (χ4v) is 2.98. The van der Waals surface area contributed by atoms with Crippen molar-refractivity contribution in [3.63, 3.8) is 0 Å². The normalized spacial score (nSPS) is 10.4. The summed E-state index contributed by atoms with van der Waals surface area (Å²) in [6, 6.07) is 22.9. The third-order valence-electron chi connectivity index (χ3n) is 3.73. The van der Waals surface area contributed by atoms with Crippen molar-refractivity contribution in [2.45, 2.75) is 13.1 Å². The Morgan fingerprint density at radius 1 is 0.920 bits per heavy atom. The summed E-state index contributed by atoms with van der Waals surface area (Å²) in [5.74, 6) is 0.564.